The van der Waals surface area contributed by atoms with E-state index in [4.69, 9.17) is 9.47 Å². The number of rotatable bonds is 4. The van der Waals surface area contributed by atoms with Gasteiger partial charge in [0.2, 0.25) is 0 Å². The van der Waals surface area contributed by atoms with E-state index in [0.717, 1.165) is 23.1 Å². The maximum absolute atomic E-state index is 14.1. The first-order valence-electron chi connectivity index (χ1n) is 11.8. The lowest BCUT2D eigenvalue weighted by atomic mass is 10.0. The Morgan fingerprint density at radius 1 is 1.06 bits per heavy atom. The molecule has 2 aliphatic heterocycles. The van der Waals surface area contributed by atoms with E-state index in [1.54, 1.807) is 12.3 Å². The topological polar surface area (TPSA) is 63.7 Å². The van der Waals surface area contributed by atoms with E-state index < -0.39 is 11.6 Å². The summed E-state index contributed by atoms with van der Waals surface area (Å²) in [5.41, 5.74) is 3.35. The van der Waals surface area contributed by atoms with Crippen LogP contribution in [0.2, 0.25) is 0 Å². The molecule has 1 atom stereocenters. The highest BCUT2D eigenvalue weighted by Gasteiger charge is 2.30. The average Bonchev–Trinajstić information content (AvgIpc) is 3.29. The standard InChI is InChI=1S/C27H23F2N3O3S/c28-17-13-16(14-18(29)15-17)19-5-7-30-23-24(32-8-11-34-12-9-32)26(36-25(19)23)27(33)31-21-6-10-35-22-4-2-1-3-20(21)22/h1-5,7,13-15,21H,6,8-12H2,(H,31,33)/t21-/m0/s1. The molecule has 36 heavy (non-hydrogen) atoms. The predicted molar refractivity (Wildman–Crippen MR) is 135 cm³/mol. The van der Waals surface area contributed by atoms with Gasteiger partial charge in [0.1, 0.15) is 27.8 Å². The number of morpholine rings is 1. The van der Waals surface area contributed by atoms with Crippen molar-refractivity contribution in [3.63, 3.8) is 0 Å². The number of halogens is 2. The molecule has 4 heterocycles. The maximum atomic E-state index is 14.1. The third kappa shape index (κ3) is 4.18. The number of benzene rings is 2. The lowest BCUT2D eigenvalue weighted by Crippen LogP contribution is -2.38. The van der Waals surface area contributed by atoms with Gasteiger partial charge in [0.25, 0.3) is 5.91 Å². The van der Waals surface area contributed by atoms with Gasteiger partial charge in [-0.1, -0.05) is 18.2 Å². The summed E-state index contributed by atoms with van der Waals surface area (Å²) in [6, 6.07) is 12.7. The molecule has 1 saturated heterocycles. The Morgan fingerprint density at radius 2 is 1.83 bits per heavy atom. The molecule has 0 radical (unpaired) electrons. The number of nitrogens with zero attached hydrogens (tertiary/aromatic N) is 2. The van der Waals surface area contributed by atoms with Crippen LogP contribution in [0.3, 0.4) is 0 Å². The van der Waals surface area contributed by atoms with Gasteiger partial charge in [0, 0.05) is 42.9 Å². The number of aromatic nitrogens is 1. The van der Waals surface area contributed by atoms with Crippen molar-refractivity contribution in [3.8, 4) is 16.9 Å². The SMILES string of the molecule is O=C(N[C@H]1CCOc2ccccc21)c1sc2c(-c3cc(F)cc(F)c3)ccnc2c1N1CCOCC1. The van der Waals surface area contributed by atoms with Crippen LogP contribution in [-0.4, -0.2) is 43.8 Å². The van der Waals surface area contributed by atoms with Gasteiger partial charge in [0.05, 0.1) is 36.2 Å². The van der Waals surface area contributed by atoms with Crippen LogP contribution in [0, 0.1) is 11.6 Å². The maximum Gasteiger partial charge on any atom is 0.264 e. The van der Waals surface area contributed by atoms with Gasteiger partial charge in [-0.25, -0.2) is 8.78 Å². The zero-order valence-electron chi connectivity index (χ0n) is 19.3. The minimum absolute atomic E-state index is 0.185. The fourth-order valence-electron chi connectivity index (χ4n) is 4.86. The van der Waals surface area contributed by atoms with Crippen molar-refractivity contribution in [2.45, 2.75) is 12.5 Å². The number of carbonyl (C=O) groups excluding carboxylic acids is 1. The van der Waals surface area contributed by atoms with Crippen LogP contribution in [0.4, 0.5) is 14.5 Å². The molecular weight excluding hydrogens is 484 g/mol. The molecule has 2 aromatic carbocycles. The van der Waals surface area contributed by atoms with Gasteiger partial charge >= 0.3 is 0 Å². The Morgan fingerprint density at radius 3 is 2.64 bits per heavy atom. The van der Waals surface area contributed by atoms with Crippen LogP contribution in [0.15, 0.2) is 54.7 Å². The number of pyridine rings is 1. The Bertz CT molecular complexity index is 1430. The molecule has 1 fully saturated rings. The molecule has 2 aromatic heterocycles. The number of anilines is 1. The second-order valence-electron chi connectivity index (χ2n) is 8.77. The highest BCUT2D eigenvalue weighted by Crippen LogP contribution is 2.43. The number of hydrogen-bond donors (Lipinski definition) is 1. The fourth-order valence-corrected chi connectivity index (χ4v) is 6.08. The van der Waals surface area contributed by atoms with Crippen molar-refractivity contribution in [2.75, 3.05) is 37.8 Å². The molecule has 2 aliphatic rings. The number of hydrogen-bond acceptors (Lipinski definition) is 6. The van der Waals surface area contributed by atoms with E-state index in [2.05, 4.69) is 15.2 Å². The van der Waals surface area contributed by atoms with Crippen LogP contribution < -0.4 is 15.0 Å². The van der Waals surface area contributed by atoms with Crippen molar-refractivity contribution < 1.29 is 23.0 Å². The van der Waals surface area contributed by atoms with Crippen molar-refractivity contribution in [3.05, 3.63) is 76.8 Å². The first-order valence-corrected chi connectivity index (χ1v) is 12.6. The molecule has 0 saturated carbocycles. The Kier molecular flexibility index (Phi) is 6.02. The van der Waals surface area contributed by atoms with Crippen molar-refractivity contribution >= 4 is 33.1 Å². The third-order valence-corrected chi connectivity index (χ3v) is 7.72. The Balaban J connectivity index is 1.45. The van der Waals surface area contributed by atoms with Crippen LogP contribution in [0.5, 0.6) is 5.75 Å². The van der Waals surface area contributed by atoms with Gasteiger partial charge in [0.15, 0.2) is 0 Å². The lowest BCUT2D eigenvalue weighted by molar-refractivity contribution is 0.0927. The molecule has 6 nitrogen and oxygen atoms in total. The van der Waals surface area contributed by atoms with Crippen LogP contribution in [0.1, 0.15) is 27.7 Å². The number of carbonyl (C=O) groups is 1. The zero-order chi connectivity index (χ0) is 24.6. The van der Waals surface area contributed by atoms with E-state index in [-0.39, 0.29) is 11.9 Å². The predicted octanol–water partition coefficient (Wildman–Crippen LogP) is 5.33. The molecule has 0 spiro atoms. The minimum atomic E-state index is -0.656. The second kappa shape index (κ2) is 9.48. The Hall–Kier alpha value is -3.56. The third-order valence-electron chi connectivity index (χ3n) is 6.52. The van der Waals surface area contributed by atoms with Gasteiger partial charge in [-0.05, 0) is 29.8 Å². The molecule has 184 valence electrons. The Labute approximate surface area is 210 Å². The summed E-state index contributed by atoms with van der Waals surface area (Å²) in [4.78, 5) is 21.0. The molecule has 0 bridgehead atoms. The number of nitrogens with one attached hydrogen (secondary N) is 1. The van der Waals surface area contributed by atoms with Crippen LogP contribution in [0.25, 0.3) is 21.3 Å². The summed E-state index contributed by atoms with van der Waals surface area (Å²) in [6.07, 6.45) is 2.28. The van der Waals surface area contributed by atoms with E-state index in [1.807, 2.05) is 24.3 Å². The first kappa shape index (κ1) is 22.9. The fraction of sp³-hybridized carbons (Fsp3) is 0.259. The summed E-state index contributed by atoms with van der Waals surface area (Å²) >= 11 is 1.30. The normalized spacial score (nSPS) is 17.5. The molecule has 1 N–H and O–H groups in total. The number of ether oxygens (including phenoxy) is 2. The molecular formula is C27H23F2N3O3S. The molecule has 0 unspecified atom stereocenters. The van der Waals surface area contributed by atoms with Crippen LogP contribution in [-0.2, 0) is 4.74 Å². The van der Waals surface area contributed by atoms with Gasteiger partial charge in [-0.15, -0.1) is 11.3 Å². The highest BCUT2D eigenvalue weighted by molar-refractivity contribution is 7.22. The molecule has 6 rings (SSSR count). The van der Waals surface area contributed by atoms with E-state index in [1.165, 1.54) is 23.5 Å². The summed E-state index contributed by atoms with van der Waals surface area (Å²) < 4.78 is 40.1. The smallest absolute Gasteiger partial charge is 0.264 e. The average molecular weight is 508 g/mol. The molecule has 1 amide bonds. The van der Waals surface area contributed by atoms with Crippen LogP contribution >= 0.6 is 11.3 Å². The first-order chi connectivity index (χ1) is 17.6. The van der Waals surface area contributed by atoms with Crippen molar-refractivity contribution in [1.29, 1.82) is 0 Å². The monoisotopic (exact) mass is 507 g/mol. The van der Waals surface area contributed by atoms with E-state index in [9.17, 15) is 13.6 Å². The number of para-hydroxylation sites is 1. The van der Waals surface area contributed by atoms with Gasteiger partial charge < -0.3 is 19.7 Å². The summed E-state index contributed by atoms with van der Waals surface area (Å²) in [7, 11) is 0. The lowest BCUT2D eigenvalue weighted by Gasteiger charge is -2.30. The number of thiophene rings is 1. The summed E-state index contributed by atoms with van der Waals surface area (Å²) in [5, 5.41) is 3.20. The summed E-state index contributed by atoms with van der Waals surface area (Å²) in [5.74, 6) is -0.749. The summed E-state index contributed by atoms with van der Waals surface area (Å²) in [6.45, 7) is 2.84. The van der Waals surface area contributed by atoms with Gasteiger partial charge in [-0.3, -0.25) is 9.78 Å². The quantitative estimate of drug-likeness (QED) is 0.405. The van der Waals surface area contributed by atoms with Gasteiger partial charge in [-0.2, -0.15) is 0 Å². The minimum Gasteiger partial charge on any atom is -0.493 e. The largest absolute Gasteiger partial charge is 0.493 e. The van der Waals surface area contributed by atoms with E-state index >= 15 is 0 Å². The highest BCUT2D eigenvalue weighted by atomic mass is 32.1. The molecule has 4 aromatic rings. The molecule has 9 heteroatoms. The van der Waals surface area contributed by atoms with E-state index in [0.29, 0.717) is 65.6 Å². The number of amides is 1. The zero-order valence-corrected chi connectivity index (χ0v) is 20.1. The molecule has 0 aliphatic carbocycles. The van der Waals surface area contributed by atoms with Crippen molar-refractivity contribution in [2.24, 2.45) is 0 Å². The van der Waals surface area contributed by atoms with Crippen molar-refractivity contribution in [1.82, 2.24) is 10.3 Å². The number of fused-ring (bicyclic) bond motifs is 2. The second-order valence-corrected chi connectivity index (χ2v) is 9.80.